The monoisotopic (exact) mass is 174 g/mol. The van der Waals surface area contributed by atoms with E-state index in [0.717, 1.165) is 10.3 Å². The molecule has 0 saturated heterocycles. The summed E-state index contributed by atoms with van der Waals surface area (Å²) in [5.41, 5.74) is 1.97. The minimum absolute atomic E-state index is 0.182. The molecule has 3 heteroatoms. The quantitative estimate of drug-likeness (QED) is 0.477. The molecule has 0 amide bonds. The Kier molecular flexibility index (Phi) is 1.70. The van der Waals surface area contributed by atoms with Gasteiger partial charge in [-0.05, 0) is 24.8 Å². The minimum atomic E-state index is 0.182. The van der Waals surface area contributed by atoms with E-state index < -0.39 is 0 Å². The zero-order valence-electron chi connectivity index (χ0n) is 7.45. The van der Waals surface area contributed by atoms with Gasteiger partial charge in [0, 0.05) is 18.6 Å². The molecule has 1 aromatic rings. The maximum absolute atomic E-state index is 11.4. The lowest BCUT2D eigenvalue weighted by Crippen LogP contribution is -2.35. The topological polar surface area (TPSA) is 50.7 Å². The normalized spacial score (nSPS) is 15.4. The molecule has 2 rings (SSSR count). The third-order valence-corrected chi connectivity index (χ3v) is 2.49. The van der Waals surface area contributed by atoms with Crippen LogP contribution in [0, 0.1) is 23.5 Å². The number of pyridine rings is 1. The maximum atomic E-state index is 11.4. The van der Waals surface area contributed by atoms with Crippen LogP contribution in [-0.2, 0) is 0 Å². The van der Waals surface area contributed by atoms with Crippen LogP contribution in [0.25, 0.3) is 0 Å². The first kappa shape index (κ1) is 8.06. The molecule has 1 aromatic heterocycles. The molecule has 0 aromatic carbocycles. The van der Waals surface area contributed by atoms with Gasteiger partial charge in [0.2, 0.25) is 0 Å². The van der Waals surface area contributed by atoms with Crippen molar-refractivity contribution in [3.05, 3.63) is 34.3 Å². The molecule has 13 heavy (non-hydrogen) atoms. The molecular weight excluding hydrogens is 164 g/mol. The molecular formula is C10H10N2O. The van der Waals surface area contributed by atoms with Crippen molar-refractivity contribution >= 4 is 0 Å². The Balaban J connectivity index is 2.52. The number of aromatic nitrogens is 1. The third-order valence-electron chi connectivity index (χ3n) is 2.49. The summed E-state index contributed by atoms with van der Waals surface area (Å²) in [6.45, 7) is 1.78. The Labute approximate surface area is 76.8 Å². The summed E-state index contributed by atoms with van der Waals surface area (Å²) in [4.78, 5) is 0. The van der Waals surface area contributed by atoms with E-state index in [4.69, 9.17) is 5.26 Å². The van der Waals surface area contributed by atoms with Gasteiger partial charge in [0.25, 0.3) is 5.69 Å². The molecule has 1 aliphatic rings. The summed E-state index contributed by atoms with van der Waals surface area (Å²) in [5, 5.41) is 20.1. The average Bonchev–Trinajstić information content (AvgIpc) is 2.93. The van der Waals surface area contributed by atoms with Crippen LogP contribution in [0.3, 0.4) is 0 Å². The molecule has 0 N–H and O–H groups in total. The molecule has 0 aliphatic heterocycles. The van der Waals surface area contributed by atoms with E-state index in [2.05, 4.69) is 0 Å². The lowest BCUT2D eigenvalue weighted by molar-refractivity contribution is -0.615. The minimum Gasteiger partial charge on any atom is -0.618 e. The van der Waals surface area contributed by atoms with Gasteiger partial charge in [-0.1, -0.05) is 0 Å². The first-order valence-electron chi connectivity index (χ1n) is 4.37. The van der Waals surface area contributed by atoms with Crippen LogP contribution in [0.1, 0.15) is 35.7 Å². The van der Waals surface area contributed by atoms with E-state index in [9.17, 15) is 5.21 Å². The largest absolute Gasteiger partial charge is 0.618 e. The second kappa shape index (κ2) is 2.74. The highest BCUT2D eigenvalue weighted by Crippen LogP contribution is 2.40. The fourth-order valence-corrected chi connectivity index (χ4v) is 1.56. The predicted molar refractivity (Wildman–Crippen MR) is 46.8 cm³/mol. The van der Waals surface area contributed by atoms with Gasteiger partial charge < -0.3 is 5.21 Å². The summed E-state index contributed by atoms with van der Waals surface area (Å²) in [7, 11) is 0. The van der Waals surface area contributed by atoms with Gasteiger partial charge in [-0.2, -0.15) is 9.99 Å². The number of nitrogens with zero attached hydrogens (tertiary/aromatic N) is 2. The molecule has 1 saturated carbocycles. The van der Waals surface area contributed by atoms with Crippen LogP contribution < -0.4 is 4.73 Å². The highest BCUT2D eigenvalue weighted by atomic mass is 16.5. The lowest BCUT2D eigenvalue weighted by Gasteiger charge is -2.06. The summed E-state index contributed by atoms with van der Waals surface area (Å²) < 4.78 is 0.730. The molecule has 3 nitrogen and oxygen atoms in total. The van der Waals surface area contributed by atoms with Gasteiger partial charge in [-0.25, -0.2) is 0 Å². The number of rotatable bonds is 1. The van der Waals surface area contributed by atoms with Crippen molar-refractivity contribution in [2.24, 2.45) is 0 Å². The van der Waals surface area contributed by atoms with Crippen molar-refractivity contribution in [1.29, 1.82) is 5.26 Å². The third kappa shape index (κ3) is 1.25. The van der Waals surface area contributed by atoms with Crippen molar-refractivity contribution < 1.29 is 4.73 Å². The first-order chi connectivity index (χ1) is 6.24. The Bertz CT molecular complexity index is 389. The zero-order valence-corrected chi connectivity index (χ0v) is 7.45. The van der Waals surface area contributed by atoms with Crippen LogP contribution in [-0.4, -0.2) is 0 Å². The van der Waals surface area contributed by atoms with Gasteiger partial charge >= 0.3 is 0 Å². The van der Waals surface area contributed by atoms with E-state index >= 15 is 0 Å². The molecule has 0 spiro atoms. The summed E-state index contributed by atoms with van der Waals surface area (Å²) in [6, 6.07) is 5.38. The smallest absolute Gasteiger partial charge is 0.294 e. The fraction of sp³-hybridized carbons (Fsp3) is 0.400. The van der Waals surface area contributed by atoms with E-state index in [-0.39, 0.29) is 5.69 Å². The average molecular weight is 174 g/mol. The Morgan fingerprint density at radius 3 is 2.77 bits per heavy atom. The van der Waals surface area contributed by atoms with Crippen molar-refractivity contribution in [2.45, 2.75) is 25.7 Å². The van der Waals surface area contributed by atoms with Crippen LogP contribution in [0.4, 0.5) is 0 Å². The van der Waals surface area contributed by atoms with Crippen LogP contribution in [0.5, 0.6) is 0 Å². The van der Waals surface area contributed by atoms with Crippen molar-refractivity contribution in [3.8, 4) is 6.07 Å². The van der Waals surface area contributed by atoms with Crippen molar-refractivity contribution in [1.82, 2.24) is 0 Å². The van der Waals surface area contributed by atoms with Crippen LogP contribution in [0.15, 0.2) is 12.1 Å². The fourth-order valence-electron chi connectivity index (χ4n) is 1.56. The predicted octanol–water partition coefficient (Wildman–Crippen LogP) is 1.38. The van der Waals surface area contributed by atoms with E-state index in [1.807, 2.05) is 12.1 Å². The van der Waals surface area contributed by atoms with Crippen molar-refractivity contribution in [3.63, 3.8) is 0 Å². The standard InChI is InChI=1S/C10H10N2O/c1-7-10(8-2-3-8)5-4-9(6-11)12(7)13/h4-5,8H,2-3H2,1H3. The molecule has 66 valence electrons. The zero-order chi connectivity index (χ0) is 9.42. The first-order valence-corrected chi connectivity index (χ1v) is 4.37. The Hall–Kier alpha value is -1.56. The molecule has 1 fully saturated rings. The molecule has 1 heterocycles. The maximum Gasteiger partial charge on any atom is 0.294 e. The molecule has 0 bridgehead atoms. The van der Waals surface area contributed by atoms with Gasteiger partial charge in [-0.15, -0.1) is 0 Å². The van der Waals surface area contributed by atoms with Gasteiger partial charge in [-0.3, -0.25) is 0 Å². The van der Waals surface area contributed by atoms with Crippen LogP contribution in [0.2, 0.25) is 0 Å². The van der Waals surface area contributed by atoms with Crippen LogP contribution >= 0.6 is 0 Å². The van der Waals surface area contributed by atoms with Gasteiger partial charge in [0.1, 0.15) is 0 Å². The number of hydrogen-bond acceptors (Lipinski definition) is 2. The number of nitriles is 1. The summed E-state index contributed by atoms with van der Waals surface area (Å²) in [5.74, 6) is 0.563. The second-order valence-corrected chi connectivity index (χ2v) is 3.44. The SMILES string of the molecule is Cc1c(C2CC2)ccc(C#N)[n+]1[O-]. The van der Waals surface area contributed by atoms with Gasteiger partial charge in [0.05, 0.1) is 0 Å². The van der Waals surface area contributed by atoms with E-state index in [1.54, 1.807) is 13.0 Å². The van der Waals surface area contributed by atoms with E-state index in [1.165, 1.54) is 12.8 Å². The second-order valence-electron chi connectivity index (χ2n) is 3.44. The lowest BCUT2D eigenvalue weighted by atomic mass is 10.1. The Morgan fingerprint density at radius 1 is 1.54 bits per heavy atom. The molecule has 0 atom stereocenters. The Morgan fingerprint density at radius 2 is 2.23 bits per heavy atom. The van der Waals surface area contributed by atoms with E-state index in [0.29, 0.717) is 11.6 Å². The molecule has 0 radical (unpaired) electrons. The molecule has 1 aliphatic carbocycles. The summed E-state index contributed by atoms with van der Waals surface area (Å²) in [6.07, 6.45) is 2.35. The molecule has 0 unspecified atom stereocenters. The summed E-state index contributed by atoms with van der Waals surface area (Å²) >= 11 is 0. The van der Waals surface area contributed by atoms with Gasteiger partial charge in [0.15, 0.2) is 11.8 Å². The van der Waals surface area contributed by atoms with Crippen molar-refractivity contribution in [2.75, 3.05) is 0 Å². The highest BCUT2D eigenvalue weighted by Gasteiger charge is 2.28. The highest BCUT2D eigenvalue weighted by molar-refractivity contribution is 5.28. The number of hydrogen-bond donors (Lipinski definition) is 0.